The van der Waals surface area contributed by atoms with Gasteiger partial charge in [-0.05, 0) is 24.1 Å². The van der Waals surface area contributed by atoms with Crippen molar-refractivity contribution >= 4 is 0 Å². The van der Waals surface area contributed by atoms with E-state index in [1.54, 1.807) is 0 Å². The van der Waals surface area contributed by atoms with E-state index < -0.39 is 11.7 Å². The maximum Gasteiger partial charge on any atom is 0.416 e. The number of alkyl halides is 3. The number of hydrogen-bond donors (Lipinski definition) is 1. The zero-order valence-electron chi connectivity index (χ0n) is 8.78. The average Bonchev–Trinajstić information content (AvgIpc) is 2.26. The Morgan fingerprint density at radius 2 is 1.88 bits per heavy atom. The van der Waals surface area contributed by atoms with Gasteiger partial charge in [0.15, 0.2) is 10.7 Å². The van der Waals surface area contributed by atoms with Crippen LogP contribution in [0.4, 0.5) is 13.2 Å². The van der Waals surface area contributed by atoms with Crippen molar-refractivity contribution in [2.24, 2.45) is 0 Å². The van der Waals surface area contributed by atoms with E-state index in [0.29, 0.717) is 12.0 Å². The molecule has 1 aromatic carbocycles. The van der Waals surface area contributed by atoms with Gasteiger partial charge in [0.25, 0.3) is 0 Å². The Morgan fingerprint density at radius 1 is 1.29 bits per heavy atom. The zero-order chi connectivity index (χ0) is 12.9. The lowest BCUT2D eigenvalue weighted by atomic mass is 10.1. The van der Waals surface area contributed by atoms with E-state index >= 15 is 0 Å². The molecule has 0 saturated heterocycles. The highest BCUT2D eigenvalue weighted by molar-refractivity contribution is 5.25. The van der Waals surface area contributed by atoms with Crippen molar-refractivity contribution in [3.8, 4) is 0 Å². The lowest BCUT2D eigenvalue weighted by Gasteiger charge is -2.07. The summed E-state index contributed by atoms with van der Waals surface area (Å²) >= 11 is 0. The standard InChI is InChI=1S/C11H9F3N2O/c12-11(13,14)9-4-1-8(2-5-9)3-6-10(17)7-16-15/h1-2,4-5,7H,3,6H2/p+1/b10-7-. The topological polar surface area (TPSA) is 48.4 Å². The molecular formula is C11H10F3N2O+. The third-order valence-electron chi connectivity index (χ3n) is 2.16. The van der Waals surface area contributed by atoms with Crippen LogP contribution in [0.15, 0.2) is 36.2 Å². The Bertz CT molecular complexity index is 443. The maximum absolute atomic E-state index is 12.2. The van der Waals surface area contributed by atoms with Crippen LogP contribution in [0.25, 0.3) is 4.98 Å². The van der Waals surface area contributed by atoms with Crippen LogP contribution in [-0.2, 0) is 12.6 Å². The molecule has 3 nitrogen and oxygen atoms in total. The van der Waals surface area contributed by atoms with Gasteiger partial charge in [-0.2, -0.15) is 13.2 Å². The van der Waals surface area contributed by atoms with Gasteiger partial charge in [-0.1, -0.05) is 12.1 Å². The fraction of sp³-hybridized carbons (Fsp3) is 0.273. The lowest BCUT2D eigenvalue weighted by Crippen LogP contribution is -2.04. The molecule has 1 aromatic rings. The SMILES string of the molecule is N#[N+]/C=C(\O)CCc1ccc(C(F)(F)F)cc1. The minimum absolute atomic E-state index is 0.132. The molecule has 0 saturated carbocycles. The molecule has 0 unspecified atom stereocenters. The molecule has 0 bridgehead atoms. The number of allylic oxidation sites excluding steroid dienone is 1. The van der Waals surface area contributed by atoms with Crippen LogP contribution in [0.2, 0.25) is 0 Å². The number of nitrogens with zero attached hydrogens (tertiary/aromatic N) is 2. The number of halogens is 3. The highest BCUT2D eigenvalue weighted by atomic mass is 19.4. The number of aliphatic hydroxyl groups is 1. The Kier molecular flexibility index (Phi) is 4.10. The molecule has 1 rings (SSSR count). The van der Waals surface area contributed by atoms with Crippen molar-refractivity contribution in [2.75, 3.05) is 0 Å². The predicted octanol–water partition coefficient (Wildman–Crippen LogP) is 3.89. The molecule has 0 aromatic heterocycles. The van der Waals surface area contributed by atoms with Crippen LogP contribution in [0, 0.1) is 5.39 Å². The number of benzene rings is 1. The van der Waals surface area contributed by atoms with E-state index in [2.05, 4.69) is 4.98 Å². The number of aryl methyl sites for hydroxylation is 1. The van der Waals surface area contributed by atoms with Gasteiger partial charge < -0.3 is 5.11 Å². The molecule has 0 aliphatic heterocycles. The predicted molar refractivity (Wildman–Crippen MR) is 55.6 cm³/mol. The minimum atomic E-state index is -4.34. The van der Waals surface area contributed by atoms with Gasteiger partial charge in [0.2, 0.25) is 5.39 Å². The number of rotatable bonds is 3. The van der Waals surface area contributed by atoms with Gasteiger partial charge in [0.05, 0.1) is 5.56 Å². The van der Waals surface area contributed by atoms with Crippen molar-refractivity contribution < 1.29 is 18.3 Å². The van der Waals surface area contributed by atoms with Crippen molar-refractivity contribution in [3.05, 3.63) is 52.3 Å². The monoisotopic (exact) mass is 243 g/mol. The summed E-state index contributed by atoms with van der Waals surface area (Å²) in [7, 11) is 0. The Hall–Kier alpha value is -2.03. The fourth-order valence-electron chi connectivity index (χ4n) is 1.26. The molecule has 0 atom stereocenters. The molecule has 0 fully saturated rings. The van der Waals surface area contributed by atoms with Crippen molar-refractivity contribution in [1.29, 1.82) is 5.39 Å². The minimum Gasteiger partial charge on any atom is -0.505 e. The number of aliphatic hydroxyl groups excluding tert-OH is 1. The van der Waals surface area contributed by atoms with Crippen LogP contribution >= 0.6 is 0 Å². The van der Waals surface area contributed by atoms with Crippen LogP contribution in [0.5, 0.6) is 0 Å². The zero-order valence-corrected chi connectivity index (χ0v) is 8.78. The first-order valence-corrected chi connectivity index (χ1v) is 4.82. The first-order valence-electron chi connectivity index (χ1n) is 4.82. The quantitative estimate of drug-likeness (QED) is 0.646. The molecule has 6 heteroatoms. The third-order valence-corrected chi connectivity index (χ3v) is 2.16. The second-order valence-corrected chi connectivity index (χ2v) is 3.43. The third kappa shape index (κ3) is 4.15. The van der Waals surface area contributed by atoms with Crippen LogP contribution in [-0.4, -0.2) is 5.11 Å². The van der Waals surface area contributed by atoms with E-state index in [0.717, 1.165) is 18.3 Å². The molecule has 0 heterocycles. The van der Waals surface area contributed by atoms with Gasteiger partial charge in [0.1, 0.15) is 0 Å². The first kappa shape index (κ1) is 13.0. The molecule has 0 spiro atoms. The molecule has 0 aliphatic rings. The number of diazo groups is 1. The Balaban J connectivity index is 2.64. The van der Waals surface area contributed by atoms with Crippen molar-refractivity contribution in [3.63, 3.8) is 0 Å². The molecule has 1 N–H and O–H groups in total. The van der Waals surface area contributed by atoms with Crippen molar-refractivity contribution in [1.82, 2.24) is 0 Å². The average molecular weight is 243 g/mol. The lowest BCUT2D eigenvalue weighted by molar-refractivity contribution is -0.137. The largest absolute Gasteiger partial charge is 0.505 e. The molecule has 0 amide bonds. The second kappa shape index (κ2) is 5.34. The highest BCUT2D eigenvalue weighted by Gasteiger charge is 2.29. The van der Waals surface area contributed by atoms with Crippen LogP contribution in [0.1, 0.15) is 17.5 Å². The smallest absolute Gasteiger partial charge is 0.416 e. The molecule has 17 heavy (non-hydrogen) atoms. The summed E-state index contributed by atoms with van der Waals surface area (Å²) in [4.78, 5) is 2.63. The molecule has 0 radical (unpaired) electrons. The van der Waals surface area contributed by atoms with Gasteiger partial charge >= 0.3 is 12.4 Å². The van der Waals surface area contributed by atoms with E-state index in [1.807, 2.05) is 0 Å². The summed E-state index contributed by atoms with van der Waals surface area (Å²) in [5.41, 5.74) is -0.0396. The number of hydrogen-bond acceptors (Lipinski definition) is 2. The summed E-state index contributed by atoms with van der Waals surface area (Å²) in [5, 5.41) is 17.2. The molecular weight excluding hydrogens is 233 g/mol. The summed E-state index contributed by atoms with van der Waals surface area (Å²) in [5.74, 6) is -0.132. The molecule has 0 aliphatic carbocycles. The summed E-state index contributed by atoms with van der Waals surface area (Å²) in [6.07, 6.45) is -2.88. The van der Waals surface area contributed by atoms with E-state index in [-0.39, 0.29) is 12.2 Å². The molecule has 90 valence electrons. The normalized spacial score (nSPS) is 12.2. The van der Waals surface area contributed by atoms with Crippen molar-refractivity contribution in [2.45, 2.75) is 19.0 Å². The Labute approximate surface area is 95.8 Å². The summed E-state index contributed by atoms with van der Waals surface area (Å²) in [6, 6.07) is 4.69. The van der Waals surface area contributed by atoms with E-state index in [4.69, 9.17) is 10.5 Å². The maximum atomic E-state index is 12.2. The van der Waals surface area contributed by atoms with Crippen LogP contribution < -0.4 is 0 Å². The van der Waals surface area contributed by atoms with Crippen LogP contribution in [0.3, 0.4) is 0 Å². The summed E-state index contributed by atoms with van der Waals surface area (Å²) in [6.45, 7) is 0. The Morgan fingerprint density at radius 3 is 2.35 bits per heavy atom. The van der Waals surface area contributed by atoms with E-state index in [9.17, 15) is 13.2 Å². The summed E-state index contributed by atoms with van der Waals surface area (Å²) < 4.78 is 36.7. The van der Waals surface area contributed by atoms with Gasteiger partial charge in [-0.3, -0.25) is 0 Å². The van der Waals surface area contributed by atoms with Gasteiger partial charge in [0, 0.05) is 6.42 Å². The first-order chi connectivity index (χ1) is 7.93. The van der Waals surface area contributed by atoms with Gasteiger partial charge in [-0.25, -0.2) is 0 Å². The van der Waals surface area contributed by atoms with Gasteiger partial charge in [-0.15, -0.1) is 0 Å². The fourth-order valence-corrected chi connectivity index (χ4v) is 1.26. The second-order valence-electron chi connectivity index (χ2n) is 3.43. The van der Waals surface area contributed by atoms with E-state index in [1.165, 1.54) is 12.1 Å². The highest BCUT2D eigenvalue weighted by Crippen LogP contribution is 2.29.